The van der Waals surface area contributed by atoms with Crippen LogP contribution in [0.4, 0.5) is 5.69 Å². The Morgan fingerprint density at radius 3 is 2.76 bits per heavy atom. The molecule has 6 heteroatoms. The van der Waals surface area contributed by atoms with Crippen molar-refractivity contribution in [3.05, 3.63) is 59.7 Å². The lowest BCUT2D eigenvalue weighted by molar-refractivity contribution is 0.789. The number of nitrogens with one attached hydrogen (secondary N) is 1. The standard InChI is InChI=1S/C15H16N6/c1-11-3-5-13(16-8-11)9-17-15-7-14(6-4-12(15)2)21-10-18-19-20-21/h3-8,10,17H,9H2,1-2H3. The Hall–Kier alpha value is -2.76. The van der Waals surface area contributed by atoms with Crippen LogP contribution in [0.3, 0.4) is 0 Å². The fourth-order valence-electron chi connectivity index (χ4n) is 2.01. The van der Waals surface area contributed by atoms with Gasteiger partial charge in [-0.25, -0.2) is 4.68 Å². The second-order valence-electron chi connectivity index (χ2n) is 4.93. The number of anilines is 1. The van der Waals surface area contributed by atoms with Crippen molar-refractivity contribution in [1.82, 2.24) is 25.2 Å². The lowest BCUT2D eigenvalue weighted by Gasteiger charge is -2.11. The summed E-state index contributed by atoms with van der Waals surface area (Å²) >= 11 is 0. The van der Waals surface area contributed by atoms with Gasteiger partial charge in [0.05, 0.1) is 17.9 Å². The summed E-state index contributed by atoms with van der Waals surface area (Å²) < 4.78 is 1.63. The first-order chi connectivity index (χ1) is 10.2. The Balaban J connectivity index is 1.78. The molecule has 0 aliphatic heterocycles. The van der Waals surface area contributed by atoms with E-state index in [1.807, 2.05) is 37.4 Å². The van der Waals surface area contributed by atoms with Gasteiger partial charge in [0.15, 0.2) is 0 Å². The summed E-state index contributed by atoms with van der Waals surface area (Å²) in [7, 11) is 0. The van der Waals surface area contributed by atoms with Crippen molar-refractivity contribution < 1.29 is 0 Å². The first kappa shape index (κ1) is 13.2. The van der Waals surface area contributed by atoms with Crippen LogP contribution in [0.25, 0.3) is 5.69 Å². The number of aryl methyl sites for hydroxylation is 2. The van der Waals surface area contributed by atoms with E-state index in [-0.39, 0.29) is 0 Å². The number of nitrogens with zero attached hydrogens (tertiary/aromatic N) is 5. The van der Waals surface area contributed by atoms with Crippen LogP contribution < -0.4 is 5.32 Å². The average molecular weight is 280 g/mol. The molecular weight excluding hydrogens is 264 g/mol. The molecule has 106 valence electrons. The third-order valence-corrected chi connectivity index (χ3v) is 3.27. The van der Waals surface area contributed by atoms with Crippen LogP contribution >= 0.6 is 0 Å². The SMILES string of the molecule is Cc1ccc(CNc2cc(-n3cnnn3)ccc2C)nc1. The van der Waals surface area contributed by atoms with Gasteiger partial charge in [-0.05, 0) is 53.6 Å². The summed E-state index contributed by atoms with van der Waals surface area (Å²) in [5.41, 5.74) is 5.30. The van der Waals surface area contributed by atoms with Gasteiger partial charge < -0.3 is 5.32 Å². The zero-order valence-corrected chi connectivity index (χ0v) is 12.0. The molecule has 3 rings (SSSR count). The molecule has 1 N–H and O–H groups in total. The van der Waals surface area contributed by atoms with E-state index in [0.717, 1.165) is 22.6 Å². The number of rotatable bonds is 4. The Labute approximate surface area is 122 Å². The summed E-state index contributed by atoms with van der Waals surface area (Å²) in [6.45, 7) is 4.78. The zero-order chi connectivity index (χ0) is 14.7. The number of benzene rings is 1. The van der Waals surface area contributed by atoms with E-state index in [4.69, 9.17) is 0 Å². The fraction of sp³-hybridized carbons (Fsp3) is 0.200. The monoisotopic (exact) mass is 280 g/mol. The molecule has 0 fully saturated rings. The molecule has 3 aromatic rings. The molecule has 0 amide bonds. The fourth-order valence-corrected chi connectivity index (χ4v) is 2.01. The number of hydrogen-bond donors (Lipinski definition) is 1. The molecule has 2 heterocycles. The van der Waals surface area contributed by atoms with Crippen molar-refractivity contribution in [2.24, 2.45) is 0 Å². The highest BCUT2D eigenvalue weighted by Gasteiger charge is 2.04. The number of aromatic nitrogens is 5. The number of tetrazole rings is 1. The summed E-state index contributed by atoms with van der Waals surface area (Å²) in [5.74, 6) is 0. The summed E-state index contributed by atoms with van der Waals surface area (Å²) in [4.78, 5) is 4.40. The van der Waals surface area contributed by atoms with Crippen LogP contribution in [-0.2, 0) is 6.54 Å². The van der Waals surface area contributed by atoms with Crippen LogP contribution in [0.1, 0.15) is 16.8 Å². The first-order valence-electron chi connectivity index (χ1n) is 6.72. The van der Waals surface area contributed by atoms with E-state index in [2.05, 4.69) is 38.8 Å². The predicted molar refractivity (Wildman–Crippen MR) is 80.2 cm³/mol. The highest BCUT2D eigenvalue weighted by atomic mass is 15.5. The zero-order valence-electron chi connectivity index (χ0n) is 12.0. The molecule has 0 aliphatic rings. The van der Waals surface area contributed by atoms with Crippen molar-refractivity contribution >= 4 is 5.69 Å². The third-order valence-electron chi connectivity index (χ3n) is 3.27. The van der Waals surface area contributed by atoms with E-state index in [1.54, 1.807) is 11.0 Å². The minimum Gasteiger partial charge on any atom is -0.379 e. The van der Waals surface area contributed by atoms with Gasteiger partial charge in [-0.1, -0.05) is 12.1 Å². The van der Waals surface area contributed by atoms with Gasteiger partial charge in [0.25, 0.3) is 0 Å². The minimum atomic E-state index is 0.681. The number of pyridine rings is 1. The molecular formula is C15H16N6. The largest absolute Gasteiger partial charge is 0.379 e. The Bertz CT molecular complexity index is 718. The van der Waals surface area contributed by atoms with E-state index >= 15 is 0 Å². The van der Waals surface area contributed by atoms with Gasteiger partial charge in [0.1, 0.15) is 6.33 Å². The van der Waals surface area contributed by atoms with Gasteiger partial charge >= 0.3 is 0 Å². The summed E-state index contributed by atoms with van der Waals surface area (Å²) in [5, 5.41) is 14.6. The van der Waals surface area contributed by atoms with Crippen LogP contribution in [0.5, 0.6) is 0 Å². The molecule has 0 saturated carbocycles. The van der Waals surface area contributed by atoms with Crippen molar-refractivity contribution in [1.29, 1.82) is 0 Å². The second kappa shape index (κ2) is 5.70. The Kier molecular flexibility index (Phi) is 3.59. The number of hydrogen-bond acceptors (Lipinski definition) is 5. The van der Waals surface area contributed by atoms with Crippen LogP contribution in [0.2, 0.25) is 0 Å². The minimum absolute atomic E-state index is 0.681. The van der Waals surface area contributed by atoms with Gasteiger partial charge in [-0.2, -0.15) is 0 Å². The van der Waals surface area contributed by atoms with Crippen molar-refractivity contribution in [3.8, 4) is 5.69 Å². The Morgan fingerprint density at radius 1 is 1.14 bits per heavy atom. The molecule has 6 nitrogen and oxygen atoms in total. The molecule has 0 radical (unpaired) electrons. The van der Waals surface area contributed by atoms with E-state index in [9.17, 15) is 0 Å². The van der Waals surface area contributed by atoms with Crippen LogP contribution in [0.15, 0.2) is 42.9 Å². The quantitative estimate of drug-likeness (QED) is 0.794. The van der Waals surface area contributed by atoms with Gasteiger partial charge in [-0.15, -0.1) is 5.10 Å². The first-order valence-corrected chi connectivity index (χ1v) is 6.72. The Morgan fingerprint density at radius 2 is 2.05 bits per heavy atom. The molecule has 0 atom stereocenters. The lowest BCUT2D eigenvalue weighted by atomic mass is 10.1. The third kappa shape index (κ3) is 3.05. The molecule has 0 unspecified atom stereocenters. The van der Waals surface area contributed by atoms with Gasteiger partial charge in [-0.3, -0.25) is 4.98 Å². The molecule has 2 aromatic heterocycles. The maximum Gasteiger partial charge on any atom is 0.143 e. The van der Waals surface area contributed by atoms with Crippen molar-refractivity contribution in [3.63, 3.8) is 0 Å². The van der Waals surface area contributed by atoms with E-state index in [0.29, 0.717) is 6.54 Å². The van der Waals surface area contributed by atoms with Crippen molar-refractivity contribution in [2.75, 3.05) is 5.32 Å². The molecule has 1 aromatic carbocycles. The maximum atomic E-state index is 4.40. The highest BCUT2D eigenvalue weighted by Crippen LogP contribution is 2.19. The molecule has 0 spiro atoms. The van der Waals surface area contributed by atoms with Gasteiger partial charge in [0.2, 0.25) is 0 Å². The van der Waals surface area contributed by atoms with E-state index in [1.165, 1.54) is 5.56 Å². The topological polar surface area (TPSA) is 68.5 Å². The molecule has 0 saturated heterocycles. The smallest absolute Gasteiger partial charge is 0.143 e. The lowest BCUT2D eigenvalue weighted by Crippen LogP contribution is -2.04. The van der Waals surface area contributed by atoms with Gasteiger partial charge in [0, 0.05) is 11.9 Å². The molecule has 21 heavy (non-hydrogen) atoms. The van der Waals surface area contributed by atoms with Crippen LogP contribution in [-0.4, -0.2) is 25.2 Å². The summed E-state index contributed by atoms with van der Waals surface area (Å²) in [6.07, 6.45) is 3.46. The second-order valence-corrected chi connectivity index (χ2v) is 4.93. The summed E-state index contributed by atoms with van der Waals surface area (Å²) in [6, 6.07) is 10.2. The molecule has 0 bridgehead atoms. The van der Waals surface area contributed by atoms with Crippen LogP contribution in [0, 0.1) is 13.8 Å². The highest BCUT2D eigenvalue weighted by molar-refractivity contribution is 5.56. The van der Waals surface area contributed by atoms with E-state index < -0.39 is 0 Å². The maximum absolute atomic E-state index is 4.40. The average Bonchev–Trinajstić information content (AvgIpc) is 3.02. The molecule has 0 aliphatic carbocycles. The van der Waals surface area contributed by atoms with Crippen molar-refractivity contribution in [2.45, 2.75) is 20.4 Å². The predicted octanol–water partition coefficient (Wildman–Crippen LogP) is 2.29. The normalized spacial score (nSPS) is 10.6.